The van der Waals surface area contributed by atoms with Crippen LogP contribution in [0.2, 0.25) is 0 Å². The van der Waals surface area contributed by atoms with E-state index in [-0.39, 0.29) is 16.6 Å². The van der Waals surface area contributed by atoms with Crippen LogP contribution in [0.25, 0.3) is 0 Å². The molecule has 7 heteroatoms. The van der Waals surface area contributed by atoms with Gasteiger partial charge in [0.15, 0.2) is 0 Å². The normalized spacial score (nSPS) is 16.5. The van der Waals surface area contributed by atoms with Crippen LogP contribution in [0.15, 0.2) is 59.5 Å². The van der Waals surface area contributed by atoms with Crippen molar-refractivity contribution in [3.05, 3.63) is 60.2 Å². The average Bonchev–Trinajstić information content (AvgIpc) is 2.63. The fourth-order valence-corrected chi connectivity index (χ4v) is 4.34. The lowest BCUT2D eigenvalue weighted by Crippen LogP contribution is -2.41. The number of rotatable bonds is 5. The van der Waals surface area contributed by atoms with Crippen LogP contribution in [0.1, 0.15) is 23.2 Å². The lowest BCUT2D eigenvalue weighted by atomic mass is 10.1. The van der Waals surface area contributed by atoms with Gasteiger partial charge in [0, 0.05) is 13.1 Å². The van der Waals surface area contributed by atoms with Crippen LogP contribution in [0.3, 0.4) is 0 Å². The minimum atomic E-state index is -3.70. The Morgan fingerprint density at radius 2 is 1.72 bits per heavy atom. The molecule has 0 saturated carbocycles. The Hall–Kier alpha value is -2.38. The SMILES string of the molecule is O=C(O)c1cccc(S(=O)(=O)N2CCC(Oc3ccccc3)CC2)c1. The van der Waals surface area contributed by atoms with E-state index < -0.39 is 16.0 Å². The van der Waals surface area contributed by atoms with Gasteiger partial charge in [-0.1, -0.05) is 24.3 Å². The molecule has 2 aromatic rings. The van der Waals surface area contributed by atoms with E-state index in [0.717, 1.165) is 5.75 Å². The van der Waals surface area contributed by atoms with Crippen molar-refractivity contribution in [3.63, 3.8) is 0 Å². The molecule has 3 rings (SSSR count). The van der Waals surface area contributed by atoms with Gasteiger partial charge >= 0.3 is 5.97 Å². The van der Waals surface area contributed by atoms with Crippen molar-refractivity contribution in [2.24, 2.45) is 0 Å². The Morgan fingerprint density at radius 1 is 1.04 bits per heavy atom. The third-order valence-corrected chi connectivity index (χ3v) is 6.06. The maximum absolute atomic E-state index is 12.7. The maximum Gasteiger partial charge on any atom is 0.335 e. The van der Waals surface area contributed by atoms with E-state index in [2.05, 4.69) is 0 Å². The number of carboxylic acids is 1. The second-order valence-corrected chi connectivity index (χ2v) is 7.81. The molecule has 1 saturated heterocycles. The first-order chi connectivity index (χ1) is 12.0. The summed E-state index contributed by atoms with van der Waals surface area (Å²) in [6, 6.07) is 14.9. The molecular weight excluding hydrogens is 342 g/mol. The zero-order valence-electron chi connectivity index (χ0n) is 13.5. The second-order valence-electron chi connectivity index (χ2n) is 5.87. The van der Waals surface area contributed by atoms with Crippen molar-refractivity contribution in [3.8, 4) is 5.75 Å². The number of sulfonamides is 1. The molecule has 0 bridgehead atoms. The highest BCUT2D eigenvalue weighted by molar-refractivity contribution is 7.89. The molecule has 0 aliphatic carbocycles. The quantitative estimate of drug-likeness (QED) is 0.885. The Labute approximate surface area is 146 Å². The van der Waals surface area contributed by atoms with Crippen LogP contribution in [0, 0.1) is 0 Å². The van der Waals surface area contributed by atoms with Crippen LogP contribution in [-0.2, 0) is 10.0 Å². The fraction of sp³-hybridized carbons (Fsp3) is 0.278. The minimum absolute atomic E-state index is 0.00910. The third kappa shape index (κ3) is 4.00. The molecule has 0 amide bonds. The van der Waals surface area contributed by atoms with Crippen molar-refractivity contribution in [1.29, 1.82) is 0 Å². The molecule has 6 nitrogen and oxygen atoms in total. The van der Waals surface area contributed by atoms with Gasteiger partial charge in [0.05, 0.1) is 10.5 Å². The van der Waals surface area contributed by atoms with Gasteiger partial charge in [-0.2, -0.15) is 4.31 Å². The predicted octanol–water partition coefficient (Wildman–Crippen LogP) is 2.62. The summed E-state index contributed by atoms with van der Waals surface area (Å²) in [6.07, 6.45) is 1.15. The van der Waals surface area contributed by atoms with Crippen molar-refractivity contribution >= 4 is 16.0 Å². The number of para-hydroxylation sites is 1. The van der Waals surface area contributed by atoms with Crippen molar-refractivity contribution in [2.45, 2.75) is 23.8 Å². The largest absolute Gasteiger partial charge is 0.490 e. The third-order valence-electron chi connectivity index (χ3n) is 4.17. The average molecular weight is 361 g/mol. The predicted molar refractivity (Wildman–Crippen MR) is 92.3 cm³/mol. The number of hydrogen-bond donors (Lipinski definition) is 1. The van der Waals surface area contributed by atoms with Gasteiger partial charge in [-0.15, -0.1) is 0 Å². The number of carboxylic acid groups (broad SMARTS) is 1. The van der Waals surface area contributed by atoms with E-state index in [1.165, 1.54) is 28.6 Å². The summed E-state index contributed by atoms with van der Waals surface area (Å²) >= 11 is 0. The summed E-state index contributed by atoms with van der Waals surface area (Å²) in [7, 11) is -3.70. The molecule has 0 atom stereocenters. The molecule has 1 aliphatic heterocycles. The lowest BCUT2D eigenvalue weighted by molar-refractivity contribution is 0.0696. The standard InChI is InChI=1S/C18H19NO5S/c20-18(21)14-5-4-8-17(13-14)25(22,23)19-11-9-16(10-12-19)24-15-6-2-1-3-7-15/h1-8,13,16H,9-12H2,(H,20,21). The first kappa shape index (κ1) is 17.4. The number of nitrogens with zero attached hydrogens (tertiary/aromatic N) is 1. The molecule has 25 heavy (non-hydrogen) atoms. The summed E-state index contributed by atoms with van der Waals surface area (Å²) in [6.45, 7) is 0.689. The number of hydrogen-bond acceptors (Lipinski definition) is 4. The van der Waals surface area contributed by atoms with Crippen LogP contribution in [0.4, 0.5) is 0 Å². The Bertz CT molecular complexity index is 843. The van der Waals surface area contributed by atoms with Crippen molar-refractivity contribution < 1.29 is 23.1 Å². The Balaban J connectivity index is 1.67. The van der Waals surface area contributed by atoms with Gasteiger partial charge in [0.25, 0.3) is 0 Å². The van der Waals surface area contributed by atoms with Crippen LogP contribution in [0.5, 0.6) is 5.75 Å². The smallest absolute Gasteiger partial charge is 0.335 e. The lowest BCUT2D eigenvalue weighted by Gasteiger charge is -2.31. The molecular formula is C18H19NO5S. The summed E-state index contributed by atoms with van der Waals surface area (Å²) in [5.74, 6) is -0.370. The highest BCUT2D eigenvalue weighted by Crippen LogP contribution is 2.24. The summed E-state index contributed by atoms with van der Waals surface area (Å²) in [5.41, 5.74) is -0.0385. The maximum atomic E-state index is 12.7. The van der Waals surface area contributed by atoms with Gasteiger partial charge in [-0.05, 0) is 43.2 Å². The molecule has 2 aromatic carbocycles. The minimum Gasteiger partial charge on any atom is -0.490 e. The number of piperidine rings is 1. The molecule has 0 spiro atoms. The first-order valence-corrected chi connectivity index (χ1v) is 9.46. The topological polar surface area (TPSA) is 83.9 Å². The molecule has 1 N–H and O–H groups in total. The molecule has 0 aromatic heterocycles. The molecule has 1 heterocycles. The Kier molecular flexibility index (Phi) is 5.06. The summed E-state index contributed by atoms with van der Waals surface area (Å²) in [5, 5.41) is 9.04. The zero-order valence-corrected chi connectivity index (χ0v) is 14.4. The van der Waals surface area contributed by atoms with Crippen LogP contribution < -0.4 is 4.74 Å². The van der Waals surface area contributed by atoms with Gasteiger partial charge < -0.3 is 9.84 Å². The molecule has 0 unspecified atom stereocenters. The van der Waals surface area contributed by atoms with E-state index in [9.17, 15) is 13.2 Å². The van der Waals surface area contributed by atoms with Crippen molar-refractivity contribution in [1.82, 2.24) is 4.31 Å². The van der Waals surface area contributed by atoms with Gasteiger partial charge in [0.1, 0.15) is 11.9 Å². The fourth-order valence-electron chi connectivity index (χ4n) is 2.82. The summed E-state index contributed by atoms with van der Waals surface area (Å²) in [4.78, 5) is 11.1. The van der Waals surface area contributed by atoms with Crippen LogP contribution in [-0.4, -0.2) is 43.0 Å². The Morgan fingerprint density at radius 3 is 2.36 bits per heavy atom. The van der Waals surface area contributed by atoms with E-state index in [0.29, 0.717) is 25.9 Å². The highest BCUT2D eigenvalue weighted by atomic mass is 32.2. The first-order valence-electron chi connectivity index (χ1n) is 8.02. The number of ether oxygens (including phenoxy) is 1. The molecule has 132 valence electrons. The van der Waals surface area contributed by atoms with Crippen molar-refractivity contribution in [2.75, 3.05) is 13.1 Å². The molecule has 0 radical (unpaired) electrons. The van der Waals surface area contributed by atoms with Gasteiger partial charge in [-0.3, -0.25) is 0 Å². The number of benzene rings is 2. The highest BCUT2D eigenvalue weighted by Gasteiger charge is 2.30. The second kappa shape index (κ2) is 7.25. The number of carbonyl (C=O) groups is 1. The molecule has 1 fully saturated rings. The van der Waals surface area contributed by atoms with E-state index >= 15 is 0 Å². The monoisotopic (exact) mass is 361 g/mol. The zero-order chi connectivity index (χ0) is 17.9. The van der Waals surface area contributed by atoms with Gasteiger partial charge in [0.2, 0.25) is 10.0 Å². The molecule has 1 aliphatic rings. The number of aromatic carboxylic acids is 1. The van der Waals surface area contributed by atoms with Crippen LogP contribution >= 0.6 is 0 Å². The van der Waals surface area contributed by atoms with Gasteiger partial charge in [-0.25, -0.2) is 13.2 Å². The summed E-state index contributed by atoms with van der Waals surface area (Å²) < 4.78 is 32.7. The van der Waals surface area contributed by atoms with E-state index in [4.69, 9.17) is 9.84 Å². The van der Waals surface area contributed by atoms with E-state index in [1.54, 1.807) is 0 Å². The van der Waals surface area contributed by atoms with E-state index in [1.807, 2.05) is 30.3 Å².